The molecule has 6 heteroatoms. The molecule has 0 heterocycles. The first-order valence-corrected chi connectivity index (χ1v) is 9.77. The van der Waals surface area contributed by atoms with Crippen molar-refractivity contribution >= 4 is 41.7 Å². The van der Waals surface area contributed by atoms with Crippen molar-refractivity contribution in [2.45, 2.75) is 38.0 Å². The van der Waals surface area contributed by atoms with Gasteiger partial charge >= 0.3 is 0 Å². The van der Waals surface area contributed by atoms with Crippen LogP contribution in [-0.2, 0) is 12.3 Å². The number of hydrogen-bond donors (Lipinski definition) is 2. The number of halogens is 2. The molecule has 2 aliphatic carbocycles. The highest BCUT2D eigenvalue weighted by atomic mass is 127. The third-order valence-electron chi connectivity index (χ3n) is 5.08. The lowest BCUT2D eigenvalue weighted by atomic mass is 10.0. The zero-order valence-corrected chi connectivity index (χ0v) is 17.5. The zero-order valence-electron chi connectivity index (χ0n) is 14.4. The molecule has 0 amide bonds. The van der Waals surface area contributed by atoms with Gasteiger partial charge in [-0.3, -0.25) is 4.99 Å². The van der Waals surface area contributed by atoms with Gasteiger partial charge in [0.2, 0.25) is 0 Å². The van der Waals surface area contributed by atoms with Crippen LogP contribution in [0.15, 0.2) is 23.2 Å². The average Bonchev–Trinajstić information content (AvgIpc) is 3.42. The van der Waals surface area contributed by atoms with Crippen molar-refractivity contribution < 1.29 is 4.39 Å². The van der Waals surface area contributed by atoms with Crippen LogP contribution >= 0.6 is 35.7 Å². The van der Waals surface area contributed by atoms with E-state index in [0.717, 1.165) is 35.3 Å². The summed E-state index contributed by atoms with van der Waals surface area (Å²) in [6.07, 6.45) is 7.56. The largest absolute Gasteiger partial charge is 0.356 e. The summed E-state index contributed by atoms with van der Waals surface area (Å²) in [5.41, 5.74) is 2.74. The molecule has 0 saturated heterocycles. The fourth-order valence-corrected chi connectivity index (χ4v) is 3.88. The molecule has 0 unspecified atom stereocenters. The van der Waals surface area contributed by atoms with E-state index in [4.69, 9.17) is 0 Å². The molecule has 1 aromatic rings. The molecule has 2 N–H and O–H groups in total. The number of thioether (sulfide) groups is 1. The highest BCUT2D eigenvalue weighted by Crippen LogP contribution is 2.60. The summed E-state index contributed by atoms with van der Waals surface area (Å²) in [5.74, 6) is 2.45. The van der Waals surface area contributed by atoms with Crippen LogP contribution in [0.3, 0.4) is 0 Å². The van der Waals surface area contributed by atoms with Crippen molar-refractivity contribution in [1.82, 2.24) is 10.6 Å². The lowest BCUT2D eigenvalue weighted by Gasteiger charge is -2.18. The SMILES string of the molecule is CN=C(NCc1ccc(F)cc1CSC)NCC1(C2CC2)CC1.I. The van der Waals surface area contributed by atoms with Crippen LogP contribution in [0.5, 0.6) is 0 Å². The van der Waals surface area contributed by atoms with Gasteiger partial charge < -0.3 is 10.6 Å². The van der Waals surface area contributed by atoms with E-state index in [2.05, 4.69) is 15.6 Å². The van der Waals surface area contributed by atoms with Crippen LogP contribution in [0.25, 0.3) is 0 Å². The van der Waals surface area contributed by atoms with E-state index in [9.17, 15) is 4.39 Å². The molecule has 3 rings (SSSR count). The molecule has 1 aromatic carbocycles. The zero-order chi connectivity index (χ0) is 16.3. The second kappa shape index (κ2) is 8.74. The van der Waals surface area contributed by atoms with E-state index in [1.54, 1.807) is 24.9 Å². The van der Waals surface area contributed by atoms with E-state index in [0.29, 0.717) is 12.0 Å². The second-order valence-corrected chi connectivity index (χ2v) is 7.63. The van der Waals surface area contributed by atoms with Gasteiger partial charge in [-0.15, -0.1) is 24.0 Å². The summed E-state index contributed by atoms with van der Waals surface area (Å²) >= 11 is 1.71. The highest BCUT2D eigenvalue weighted by molar-refractivity contribution is 14.0. The van der Waals surface area contributed by atoms with Crippen molar-refractivity contribution in [3.8, 4) is 0 Å². The van der Waals surface area contributed by atoms with Crippen molar-refractivity contribution in [3.63, 3.8) is 0 Å². The van der Waals surface area contributed by atoms with E-state index in [1.165, 1.54) is 31.7 Å². The highest BCUT2D eigenvalue weighted by Gasteiger charge is 2.53. The van der Waals surface area contributed by atoms with Crippen LogP contribution in [0.1, 0.15) is 36.8 Å². The normalized spacial score (nSPS) is 18.7. The molecule has 0 aliphatic heterocycles. The van der Waals surface area contributed by atoms with Gasteiger partial charge in [0.05, 0.1) is 0 Å². The van der Waals surface area contributed by atoms with Crippen LogP contribution < -0.4 is 10.6 Å². The van der Waals surface area contributed by atoms with E-state index < -0.39 is 0 Å². The van der Waals surface area contributed by atoms with Gasteiger partial charge in [0.25, 0.3) is 0 Å². The first kappa shape index (κ1) is 19.8. The second-order valence-electron chi connectivity index (χ2n) is 6.76. The Labute approximate surface area is 165 Å². The molecular formula is C18H27FIN3S. The van der Waals surface area contributed by atoms with Crippen molar-refractivity contribution in [1.29, 1.82) is 0 Å². The van der Waals surface area contributed by atoms with Crippen molar-refractivity contribution in [2.24, 2.45) is 16.3 Å². The van der Waals surface area contributed by atoms with Crippen molar-refractivity contribution in [2.75, 3.05) is 19.8 Å². The molecule has 0 radical (unpaired) electrons. The Morgan fingerprint density at radius 2 is 2.04 bits per heavy atom. The van der Waals surface area contributed by atoms with Gasteiger partial charge in [-0.05, 0) is 66.5 Å². The fourth-order valence-electron chi connectivity index (χ4n) is 3.30. The maximum Gasteiger partial charge on any atom is 0.191 e. The van der Waals surface area contributed by atoms with Crippen LogP contribution in [0.4, 0.5) is 4.39 Å². The quantitative estimate of drug-likeness (QED) is 0.362. The molecule has 134 valence electrons. The Hall–Kier alpha value is -0.500. The van der Waals surface area contributed by atoms with Gasteiger partial charge in [0.1, 0.15) is 5.82 Å². The molecule has 3 nitrogen and oxygen atoms in total. The number of benzene rings is 1. The standard InChI is InChI=1S/C18H26FN3S.HI/c1-20-17(22-12-18(7-8-18)15-4-5-15)21-10-13-3-6-16(19)9-14(13)11-23-2;/h3,6,9,15H,4-5,7-8,10-12H2,1-2H3,(H2,20,21,22);1H. The molecule has 0 spiro atoms. The summed E-state index contributed by atoms with van der Waals surface area (Å²) < 4.78 is 13.4. The maximum atomic E-state index is 13.4. The molecule has 0 aromatic heterocycles. The van der Waals surface area contributed by atoms with E-state index in [-0.39, 0.29) is 29.8 Å². The summed E-state index contributed by atoms with van der Waals surface area (Å²) in [5, 5.41) is 6.86. The lowest BCUT2D eigenvalue weighted by molar-refractivity contribution is 0.431. The average molecular weight is 463 g/mol. The summed E-state index contributed by atoms with van der Waals surface area (Å²) in [4.78, 5) is 4.32. The molecule has 2 fully saturated rings. The van der Waals surface area contributed by atoms with Gasteiger partial charge in [0, 0.05) is 25.9 Å². The molecule has 2 aliphatic rings. The number of guanidine groups is 1. The first-order valence-electron chi connectivity index (χ1n) is 8.37. The minimum absolute atomic E-state index is 0. The number of nitrogens with zero attached hydrogens (tertiary/aromatic N) is 1. The Bertz CT molecular complexity index is 586. The van der Waals surface area contributed by atoms with E-state index >= 15 is 0 Å². The minimum Gasteiger partial charge on any atom is -0.356 e. The van der Waals surface area contributed by atoms with Crippen LogP contribution in [0, 0.1) is 17.2 Å². The molecule has 0 bridgehead atoms. The first-order chi connectivity index (χ1) is 11.2. The third-order valence-corrected chi connectivity index (χ3v) is 5.68. The number of hydrogen-bond acceptors (Lipinski definition) is 2. The Morgan fingerprint density at radius 3 is 2.62 bits per heavy atom. The molecule has 0 atom stereocenters. The summed E-state index contributed by atoms with van der Waals surface area (Å²) in [7, 11) is 1.81. The fraction of sp³-hybridized carbons (Fsp3) is 0.611. The topological polar surface area (TPSA) is 36.4 Å². The Morgan fingerprint density at radius 1 is 1.29 bits per heavy atom. The predicted molar refractivity (Wildman–Crippen MR) is 112 cm³/mol. The van der Waals surface area contributed by atoms with Crippen LogP contribution in [-0.4, -0.2) is 25.8 Å². The number of nitrogens with one attached hydrogen (secondary N) is 2. The van der Waals surface area contributed by atoms with E-state index in [1.807, 2.05) is 12.3 Å². The van der Waals surface area contributed by atoms with Gasteiger partial charge in [-0.2, -0.15) is 11.8 Å². The molecular weight excluding hydrogens is 436 g/mol. The van der Waals surface area contributed by atoms with Gasteiger partial charge in [-0.25, -0.2) is 4.39 Å². The third kappa shape index (κ3) is 5.00. The van der Waals surface area contributed by atoms with Crippen LogP contribution in [0.2, 0.25) is 0 Å². The smallest absolute Gasteiger partial charge is 0.191 e. The van der Waals surface area contributed by atoms with Crippen molar-refractivity contribution in [3.05, 3.63) is 35.1 Å². The minimum atomic E-state index is -0.166. The maximum absolute atomic E-state index is 13.4. The molecule has 2 saturated carbocycles. The Kier molecular flexibility index (Phi) is 7.22. The number of aliphatic imine (C=N–C) groups is 1. The van der Waals surface area contributed by atoms with Gasteiger partial charge in [-0.1, -0.05) is 6.07 Å². The lowest BCUT2D eigenvalue weighted by Crippen LogP contribution is -2.40. The Balaban J connectivity index is 0.00000208. The number of rotatable bonds is 7. The predicted octanol–water partition coefficient (Wildman–Crippen LogP) is 4.16. The monoisotopic (exact) mass is 463 g/mol. The summed E-state index contributed by atoms with van der Waals surface area (Å²) in [6.45, 7) is 1.70. The molecule has 24 heavy (non-hydrogen) atoms. The summed E-state index contributed by atoms with van der Waals surface area (Å²) in [6, 6.07) is 5.03. The van der Waals surface area contributed by atoms with Gasteiger partial charge in [0.15, 0.2) is 5.96 Å².